The van der Waals surface area contributed by atoms with Crippen molar-refractivity contribution < 1.29 is 22.3 Å². The highest BCUT2D eigenvalue weighted by Gasteiger charge is 2.23. The number of halogens is 5. The summed E-state index contributed by atoms with van der Waals surface area (Å²) in [6, 6.07) is 6.57. The van der Waals surface area contributed by atoms with Gasteiger partial charge in [-0.15, -0.1) is 0 Å². The van der Waals surface area contributed by atoms with E-state index in [1.807, 2.05) is 0 Å². The predicted octanol–water partition coefficient (Wildman–Crippen LogP) is 4.38. The average molecular weight is 364 g/mol. The van der Waals surface area contributed by atoms with E-state index in [2.05, 4.69) is 20.7 Å². The maximum absolute atomic E-state index is 14.0. The molecule has 0 bridgehead atoms. The number of nitrogens with two attached hydrogens (primary N) is 1. The topological polar surface area (TPSA) is 35.2 Å². The number of para-hydroxylation sites is 1. The number of hydrogen-bond donors (Lipinski definition) is 1. The van der Waals surface area contributed by atoms with Crippen molar-refractivity contribution in [3.8, 4) is 5.75 Å². The molecule has 2 aromatic rings. The minimum atomic E-state index is -3.06. The molecule has 1 unspecified atom stereocenters. The Labute approximate surface area is 126 Å². The van der Waals surface area contributed by atoms with E-state index in [0.29, 0.717) is 0 Å². The van der Waals surface area contributed by atoms with Gasteiger partial charge in [0.1, 0.15) is 17.4 Å². The highest BCUT2D eigenvalue weighted by molar-refractivity contribution is 9.10. The SMILES string of the molecule is NC(c1ccccc1OC(F)F)c1c(F)ccc(Br)c1F. The van der Waals surface area contributed by atoms with Crippen LogP contribution in [-0.2, 0) is 0 Å². The van der Waals surface area contributed by atoms with Crippen LogP contribution in [0.5, 0.6) is 5.75 Å². The van der Waals surface area contributed by atoms with Crippen molar-refractivity contribution >= 4 is 15.9 Å². The molecule has 0 saturated heterocycles. The predicted molar refractivity (Wildman–Crippen MR) is 73.2 cm³/mol. The Kier molecular flexibility index (Phi) is 4.84. The van der Waals surface area contributed by atoms with E-state index in [9.17, 15) is 17.6 Å². The fourth-order valence-corrected chi connectivity index (χ4v) is 2.27. The molecule has 0 aliphatic heterocycles. The molecule has 2 N–H and O–H groups in total. The van der Waals surface area contributed by atoms with E-state index in [1.165, 1.54) is 30.3 Å². The molecular weight excluding hydrogens is 354 g/mol. The summed E-state index contributed by atoms with van der Waals surface area (Å²) in [7, 11) is 0. The summed E-state index contributed by atoms with van der Waals surface area (Å²) in [6.07, 6.45) is 0. The summed E-state index contributed by atoms with van der Waals surface area (Å²) in [6.45, 7) is -3.06. The molecule has 21 heavy (non-hydrogen) atoms. The van der Waals surface area contributed by atoms with Gasteiger partial charge in [0.05, 0.1) is 10.5 Å². The Morgan fingerprint density at radius 1 is 1.05 bits per heavy atom. The van der Waals surface area contributed by atoms with Gasteiger partial charge >= 0.3 is 6.61 Å². The van der Waals surface area contributed by atoms with Crippen molar-refractivity contribution in [3.05, 3.63) is 63.6 Å². The highest BCUT2D eigenvalue weighted by atomic mass is 79.9. The van der Waals surface area contributed by atoms with E-state index in [1.54, 1.807) is 0 Å². The lowest BCUT2D eigenvalue weighted by atomic mass is 9.98. The van der Waals surface area contributed by atoms with Gasteiger partial charge in [-0.3, -0.25) is 0 Å². The fourth-order valence-electron chi connectivity index (χ4n) is 1.92. The normalized spacial score (nSPS) is 12.5. The third-order valence-corrected chi connectivity index (χ3v) is 3.47. The van der Waals surface area contributed by atoms with E-state index >= 15 is 0 Å². The van der Waals surface area contributed by atoms with Gasteiger partial charge in [0.15, 0.2) is 0 Å². The number of benzene rings is 2. The van der Waals surface area contributed by atoms with Gasteiger partial charge in [-0.1, -0.05) is 18.2 Å². The molecule has 0 amide bonds. The van der Waals surface area contributed by atoms with Crippen LogP contribution in [0.15, 0.2) is 40.9 Å². The second-order valence-corrected chi connectivity index (χ2v) is 5.01. The standard InChI is InChI=1S/C14H10BrF4NO/c15-8-5-6-9(16)11(12(8)17)13(20)7-3-1-2-4-10(7)21-14(18)19/h1-6,13-14H,20H2. The summed E-state index contributed by atoms with van der Waals surface area (Å²) in [4.78, 5) is 0. The van der Waals surface area contributed by atoms with E-state index < -0.39 is 29.9 Å². The lowest BCUT2D eigenvalue weighted by Gasteiger charge is -2.18. The Bertz CT molecular complexity index is 651. The molecule has 0 aliphatic carbocycles. The van der Waals surface area contributed by atoms with Crippen molar-refractivity contribution in [2.45, 2.75) is 12.7 Å². The molecule has 0 spiro atoms. The number of hydrogen-bond acceptors (Lipinski definition) is 2. The van der Waals surface area contributed by atoms with Crippen LogP contribution in [0.25, 0.3) is 0 Å². The summed E-state index contributed by atoms with van der Waals surface area (Å²) >= 11 is 2.93. The second-order valence-electron chi connectivity index (χ2n) is 4.15. The molecule has 0 fully saturated rings. The summed E-state index contributed by atoms with van der Waals surface area (Å²) in [5.41, 5.74) is 5.48. The minimum absolute atomic E-state index is 0.0293. The third-order valence-electron chi connectivity index (χ3n) is 2.86. The van der Waals surface area contributed by atoms with E-state index in [-0.39, 0.29) is 15.8 Å². The first-order valence-corrected chi connectivity index (χ1v) is 6.63. The van der Waals surface area contributed by atoms with Gasteiger partial charge in [0.2, 0.25) is 0 Å². The molecule has 0 aromatic heterocycles. The molecule has 2 rings (SSSR count). The number of ether oxygens (including phenoxy) is 1. The highest BCUT2D eigenvalue weighted by Crippen LogP contribution is 2.33. The lowest BCUT2D eigenvalue weighted by Crippen LogP contribution is -2.18. The van der Waals surface area contributed by atoms with Gasteiger partial charge in [0, 0.05) is 11.1 Å². The molecule has 0 heterocycles. The molecule has 2 aromatic carbocycles. The zero-order valence-corrected chi connectivity index (χ0v) is 12.1. The van der Waals surface area contributed by atoms with Gasteiger partial charge in [-0.25, -0.2) is 8.78 Å². The third kappa shape index (κ3) is 3.36. The van der Waals surface area contributed by atoms with Crippen LogP contribution < -0.4 is 10.5 Å². The Balaban J connectivity index is 2.50. The van der Waals surface area contributed by atoms with E-state index in [4.69, 9.17) is 5.73 Å². The molecular formula is C14H10BrF4NO. The minimum Gasteiger partial charge on any atom is -0.434 e. The zero-order valence-electron chi connectivity index (χ0n) is 10.5. The summed E-state index contributed by atoms with van der Waals surface area (Å²) in [5, 5.41) is 0. The van der Waals surface area contributed by atoms with Crippen LogP contribution in [0, 0.1) is 11.6 Å². The van der Waals surface area contributed by atoms with Crippen LogP contribution in [0.2, 0.25) is 0 Å². The zero-order chi connectivity index (χ0) is 15.6. The van der Waals surface area contributed by atoms with Gasteiger partial charge in [-0.2, -0.15) is 8.78 Å². The van der Waals surface area contributed by atoms with Crippen LogP contribution >= 0.6 is 15.9 Å². The van der Waals surface area contributed by atoms with Gasteiger partial charge in [0.25, 0.3) is 0 Å². The van der Waals surface area contributed by atoms with Crippen LogP contribution in [0.3, 0.4) is 0 Å². The smallest absolute Gasteiger partial charge is 0.387 e. The molecule has 0 radical (unpaired) electrons. The Hall–Kier alpha value is -1.60. The Morgan fingerprint density at radius 3 is 2.38 bits per heavy atom. The maximum atomic E-state index is 14.0. The van der Waals surface area contributed by atoms with Crippen molar-refractivity contribution in [3.63, 3.8) is 0 Å². The molecule has 0 aliphatic rings. The van der Waals surface area contributed by atoms with Gasteiger partial charge < -0.3 is 10.5 Å². The summed E-state index contributed by atoms with van der Waals surface area (Å²) in [5.74, 6) is -1.97. The quantitative estimate of drug-likeness (QED) is 0.646. The van der Waals surface area contributed by atoms with E-state index in [0.717, 1.165) is 6.07 Å². The van der Waals surface area contributed by atoms with Crippen molar-refractivity contribution in [1.82, 2.24) is 0 Å². The first-order valence-electron chi connectivity index (χ1n) is 5.84. The van der Waals surface area contributed by atoms with Crippen molar-refractivity contribution in [2.24, 2.45) is 5.73 Å². The fraction of sp³-hybridized carbons (Fsp3) is 0.143. The second kappa shape index (κ2) is 6.44. The number of rotatable bonds is 4. The molecule has 112 valence electrons. The van der Waals surface area contributed by atoms with Crippen LogP contribution in [0.4, 0.5) is 17.6 Å². The maximum Gasteiger partial charge on any atom is 0.387 e. The first kappa shape index (κ1) is 15.8. The monoisotopic (exact) mass is 363 g/mol. The van der Waals surface area contributed by atoms with Gasteiger partial charge in [-0.05, 0) is 34.1 Å². The summed E-state index contributed by atoms with van der Waals surface area (Å²) < 4.78 is 57.0. The largest absolute Gasteiger partial charge is 0.434 e. The average Bonchev–Trinajstić information content (AvgIpc) is 2.43. The molecule has 2 nitrogen and oxygen atoms in total. The Morgan fingerprint density at radius 2 is 1.71 bits per heavy atom. The first-order chi connectivity index (χ1) is 9.91. The lowest BCUT2D eigenvalue weighted by molar-refractivity contribution is -0.0505. The number of alkyl halides is 2. The molecule has 1 atom stereocenters. The van der Waals surface area contributed by atoms with Crippen molar-refractivity contribution in [1.29, 1.82) is 0 Å². The van der Waals surface area contributed by atoms with Crippen LogP contribution in [-0.4, -0.2) is 6.61 Å². The molecule has 7 heteroatoms. The molecule has 0 saturated carbocycles. The van der Waals surface area contributed by atoms with Crippen molar-refractivity contribution in [2.75, 3.05) is 0 Å². The van der Waals surface area contributed by atoms with Crippen LogP contribution in [0.1, 0.15) is 17.2 Å².